The lowest BCUT2D eigenvalue weighted by Gasteiger charge is -2.41. The molecular formula is C29H33Cl2F3N2O. The van der Waals surface area contributed by atoms with Gasteiger partial charge in [0.25, 0.3) is 0 Å². The summed E-state index contributed by atoms with van der Waals surface area (Å²) in [7, 11) is 0. The second kappa shape index (κ2) is 11.2. The molecule has 1 unspecified atom stereocenters. The molecule has 0 N–H and O–H groups in total. The first-order chi connectivity index (χ1) is 17.7. The van der Waals surface area contributed by atoms with Crippen LogP contribution >= 0.6 is 23.2 Å². The molecule has 5 rings (SSSR count). The van der Waals surface area contributed by atoms with Gasteiger partial charge < -0.3 is 9.80 Å². The van der Waals surface area contributed by atoms with Crippen LogP contribution in [0.4, 0.5) is 13.2 Å². The van der Waals surface area contributed by atoms with Crippen LogP contribution in [-0.2, 0) is 17.4 Å². The minimum Gasteiger partial charge on any atom is -0.335 e. The van der Waals surface area contributed by atoms with E-state index in [9.17, 15) is 18.0 Å². The van der Waals surface area contributed by atoms with Gasteiger partial charge in [0.1, 0.15) is 0 Å². The van der Waals surface area contributed by atoms with Crippen molar-refractivity contribution in [3.05, 3.63) is 68.7 Å². The number of carbonyl (C=O) groups is 1. The molecule has 0 aromatic heterocycles. The maximum atomic E-state index is 13.5. The number of hydrogen-bond acceptors (Lipinski definition) is 2. The van der Waals surface area contributed by atoms with Crippen LogP contribution in [0.5, 0.6) is 0 Å². The van der Waals surface area contributed by atoms with E-state index >= 15 is 0 Å². The van der Waals surface area contributed by atoms with E-state index in [2.05, 4.69) is 9.80 Å². The summed E-state index contributed by atoms with van der Waals surface area (Å²) in [5.41, 5.74) is 2.36. The van der Waals surface area contributed by atoms with Crippen LogP contribution in [0.2, 0.25) is 10.0 Å². The summed E-state index contributed by atoms with van der Waals surface area (Å²) in [4.78, 5) is 18.0. The number of fused-ring (bicyclic) bond motifs is 1. The number of piperidine rings is 1. The summed E-state index contributed by atoms with van der Waals surface area (Å²) in [5.74, 6) is 0.521. The van der Waals surface area contributed by atoms with E-state index in [0.717, 1.165) is 87.3 Å². The smallest absolute Gasteiger partial charge is 0.335 e. The SMILES string of the molecule is O=C(C1CCCC1)N1CCc2c(ccc(Cl)c2Cl)C1CCN1CCC(c2cccc(C(F)(F)F)c2)CC1. The number of rotatable bonds is 5. The highest BCUT2D eigenvalue weighted by Crippen LogP contribution is 2.41. The molecule has 1 saturated heterocycles. The van der Waals surface area contributed by atoms with E-state index in [0.29, 0.717) is 23.0 Å². The highest BCUT2D eigenvalue weighted by Gasteiger charge is 2.37. The third kappa shape index (κ3) is 5.81. The Bertz CT molecular complexity index is 1120. The van der Waals surface area contributed by atoms with Gasteiger partial charge in [0.05, 0.1) is 21.7 Å². The number of hydrogen-bond donors (Lipinski definition) is 0. The summed E-state index contributed by atoms with van der Waals surface area (Å²) < 4.78 is 39.5. The standard InChI is InChI=1S/C29H33Cl2F3N2O/c30-25-9-8-23-24(27(25)31)12-17-36(28(37)20-4-1-2-5-20)26(23)13-16-35-14-10-19(11-15-35)21-6-3-7-22(18-21)29(32,33)34/h3,6-9,18-20,26H,1-2,4-5,10-17H2. The zero-order valence-corrected chi connectivity index (χ0v) is 22.4. The number of nitrogens with zero attached hydrogens (tertiary/aromatic N) is 2. The summed E-state index contributed by atoms with van der Waals surface area (Å²) >= 11 is 12.9. The van der Waals surface area contributed by atoms with Crippen molar-refractivity contribution in [2.75, 3.05) is 26.2 Å². The topological polar surface area (TPSA) is 23.6 Å². The van der Waals surface area contributed by atoms with E-state index < -0.39 is 11.7 Å². The average Bonchev–Trinajstić information content (AvgIpc) is 3.44. The minimum absolute atomic E-state index is 0.0344. The minimum atomic E-state index is -4.32. The molecule has 2 aliphatic heterocycles. The van der Waals surface area contributed by atoms with E-state index in [-0.39, 0.29) is 23.8 Å². The second-order valence-corrected chi connectivity index (χ2v) is 11.5. The highest BCUT2D eigenvalue weighted by atomic mass is 35.5. The van der Waals surface area contributed by atoms with Crippen LogP contribution in [-0.4, -0.2) is 41.9 Å². The Morgan fingerprint density at radius 1 is 0.973 bits per heavy atom. The van der Waals surface area contributed by atoms with Gasteiger partial charge in [-0.05, 0) is 86.4 Å². The Kier molecular flexibility index (Phi) is 8.09. The molecule has 37 heavy (non-hydrogen) atoms. The summed E-state index contributed by atoms with van der Waals surface area (Å²) in [6.45, 7) is 3.15. The van der Waals surface area contributed by atoms with Crippen molar-refractivity contribution < 1.29 is 18.0 Å². The number of halogens is 5. The van der Waals surface area contributed by atoms with Gasteiger partial charge in [0.15, 0.2) is 0 Å². The maximum absolute atomic E-state index is 13.5. The first-order valence-corrected chi connectivity index (χ1v) is 14.1. The second-order valence-electron chi connectivity index (χ2n) is 10.7. The molecule has 8 heteroatoms. The van der Waals surface area contributed by atoms with Crippen LogP contribution in [0.25, 0.3) is 0 Å². The predicted molar refractivity (Wildman–Crippen MR) is 141 cm³/mol. The number of carbonyl (C=O) groups excluding carboxylic acids is 1. The van der Waals surface area contributed by atoms with Gasteiger partial charge in [-0.1, -0.05) is 60.3 Å². The molecule has 2 aromatic rings. The summed E-state index contributed by atoms with van der Waals surface area (Å²) in [6, 6.07) is 9.60. The first-order valence-electron chi connectivity index (χ1n) is 13.4. The zero-order valence-electron chi connectivity index (χ0n) is 20.9. The normalized spacial score (nSPS) is 21.9. The molecule has 3 nitrogen and oxygen atoms in total. The van der Waals surface area contributed by atoms with E-state index in [1.165, 1.54) is 12.1 Å². The third-order valence-electron chi connectivity index (χ3n) is 8.55. The molecule has 1 amide bonds. The number of amides is 1. The van der Waals surface area contributed by atoms with Crippen LogP contribution in [0, 0.1) is 5.92 Å². The van der Waals surface area contributed by atoms with E-state index in [4.69, 9.17) is 23.2 Å². The number of benzene rings is 2. The number of alkyl halides is 3. The molecule has 2 aromatic carbocycles. The van der Waals surface area contributed by atoms with E-state index in [1.54, 1.807) is 0 Å². The average molecular weight is 553 g/mol. The van der Waals surface area contributed by atoms with Gasteiger partial charge in [0, 0.05) is 19.0 Å². The molecule has 1 saturated carbocycles. The molecule has 3 aliphatic rings. The van der Waals surface area contributed by atoms with Crippen molar-refractivity contribution in [3.8, 4) is 0 Å². The summed E-state index contributed by atoms with van der Waals surface area (Å²) in [5, 5.41) is 1.14. The van der Waals surface area contributed by atoms with Gasteiger partial charge in [-0.25, -0.2) is 0 Å². The molecule has 0 bridgehead atoms. The number of likely N-dealkylation sites (tertiary alicyclic amines) is 1. The van der Waals surface area contributed by atoms with Crippen LogP contribution in [0.3, 0.4) is 0 Å². The largest absolute Gasteiger partial charge is 0.416 e. The zero-order chi connectivity index (χ0) is 26.2. The fourth-order valence-corrected chi connectivity index (χ4v) is 6.92. The first kappa shape index (κ1) is 26.8. The van der Waals surface area contributed by atoms with Crippen LogP contribution in [0.15, 0.2) is 36.4 Å². The Morgan fingerprint density at radius 2 is 1.70 bits per heavy atom. The lowest BCUT2D eigenvalue weighted by Crippen LogP contribution is -2.44. The summed E-state index contributed by atoms with van der Waals surface area (Å²) in [6.07, 6.45) is 3.04. The highest BCUT2D eigenvalue weighted by molar-refractivity contribution is 6.42. The predicted octanol–water partition coefficient (Wildman–Crippen LogP) is 7.90. The Morgan fingerprint density at radius 3 is 2.41 bits per heavy atom. The van der Waals surface area contributed by atoms with Crippen LogP contribution < -0.4 is 0 Å². The third-order valence-corrected chi connectivity index (χ3v) is 9.39. The molecule has 2 fully saturated rings. The van der Waals surface area contributed by atoms with E-state index in [1.807, 2.05) is 18.2 Å². The Hall–Kier alpha value is -1.76. The fourth-order valence-electron chi connectivity index (χ4n) is 6.48. The van der Waals surface area contributed by atoms with Gasteiger partial charge in [-0.2, -0.15) is 13.2 Å². The molecule has 200 valence electrons. The quantitative estimate of drug-likeness (QED) is 0.376. The molecule has 1 atom stereocenters. The van der Waals surface area contributed by atoms with Gasteiger partial charge in [-0.3, -0.25) is 4.79 Å². The fraction of sp³-hybridized carbons (Fsp3) is 0.552. The Labute approximate surface area is 226 Å². The van der Waals surface area contributed by atoms with Gasteiger partial charge >= 0.3 is 6.18 Å². The van der Waals surface area contributed by atoms with Crippen molar-refractivity contribution >= 4 is 29.1 Å². The molecule has 2 heterocycles. The maximum Gasteiger partial charge on any atom is 0.416 e. The molecule has 1 aliphatic carbocycles. The van der Waals surface area contributed by atoms with Crippen LogP contribution in [0.1, 0.15) is 79.2 Å². The van der Waals surface area contributed by atoms with Crippen molar-refractivity contribution in [3.63, 3.8) is 0 Å². The lowest BCUT2D eigenvalue weighted by atomic mass is 9.87. The van der Waals surface area contributed by atoms with Gasteiger partial charge in [-0.15, -0.1) is 0 Å². The van der Waals surface area contributed by atoms with Crippen molar-refractivity contribution in [1.29, 1.82) is 0 Å². The van der Waals surface area contributed by atoms with Crippen molar-refractivity contribution in [2.24, 2.45) is 5.92 Å². The van der Waals surface area contributed by atoms with Gasteiger partial charge in [0.2, 0.25) is 5.91 Å². The molecular weight excluding hydrogens is 520 g/mol. The monoisotopic (exact) mass is 552 g/mol. The van der Waals surface area contributed by atoms with Crippen molar-refractivity contribution in [1.82, 2.24) is 9.80 Å². The lowest BCUT2D eigenvalue weighted by molar-refractivity contribution is -0.139. The van der Waals surface area contributed by atoms with Crippen molar-refractivity contribution in [2.45, 2.75) is 69.5 Å². The molecule has 0 spiro atoms. The molecule has 0 radical (unpaired) electrons. The Balaban J connectivity index is 1.26.